The van der Waals surface area contributed by atoms with Gasteiger partial charge in [0.15, 0.2) is 5.76 Å². The van der Waals surface area contributed by atoms with Gasteiger partial charge in [0.25, 0.3) is 5.91 Å². The van der Waals surface area contributed by atoms with Gasteiger partial charge in [-0.15, -0.1) is 0 Å². The number of amides is 1. The van der Waals surface area contributed by atoms with E-state index in [2.05, 4.69) is 31.3 Å². The van der Waals surface area contributed by atoms with Crippen molar-refractivity contribution in [1.82, 2.24) is 5.32 Å². The fourth-order valence-corrected chi connectivity index (χ4v) is 2.06. The van der Waals surface area contributed by atoms with E-state index in [1.54, 1.807) is 12.1 Å². The van der Waals surface area contributed by atoms with E-state index in [-0.39, 0.29) is 5.91 Å². The Labute approximate surface area is 137 Å². The minimum Gasteiger partial charge on any atom is -0.486 e. The molecule has 4 nitrogen and oxygen atoms in total. The summed E-state index contributed by atoms with van der Waals surface area (Å²) >= 11 is 0. The Bertz CT molecular complexity index is 626. The molecule has 0 saturated heterocycles. The van der Waals surface area contributed by atoms with Crippen molar-refractivity contribution in [3.8, 4) is 5.75 Å². The van der Waals surface area contributed by atoms with Crippen LogP contribution in [0.2, 0.25) is 0 Å². The summed E-state index contributed by atoms with van der Waals surface area (Å²) in [6.07, 6.45) is 0. The van der Waals surface area contributed by atoms with Gasteiger partial charge in [0, 0.05) is 6.54 Å². The normalized spacial score (nSPS) is 11.0. The molecular weight excluding hydrogens is 290 g/mol. The maximum absolute atomic E-state index is 11.9. The number of benzene rings is 1. The standard InChI is InChI=1S/C19H25NO3/c1-13(2)11-20-19(21)18-10-9-17(23-18)12-22-16-7-5-15(6-8-16)14(3)4/h5-10,13-14H,11-12H2,1-4H3,(H,20,21). The lowest BCUT2D eigenvalue weighted by molar-refractivity contribution is 0.0917. The summed E-state index contributed by atoms with van der Waals surface area (Å²) in [5, 5.41) is 2.83. The maximum atomic E-state index is 11.9. The minimum absolute atomic E-state index is 0.189. The van der Waals surface area contributed by atoms with Crippen LogP contribution in [0.4, 0.5) is 0 Å². The molecule has 2 rings (SSSR count). The second-order valence-electron chi connectivity index (χ2n) is 6.38. The summed E-state index contributed by atoms with van der Waals surface area (Å²) in [6, 6.07) is 11.5. The van der Waals surface area contributed by atoms with Crippen LogP contribution in [0.25, 0.3) is 0 Å². The van der Waals surface area contributed by atoms with E-state index in [9.17, 15) is 4.79 Å². The monoisotopic (exact) mass is 315 g/mol. The van der Waals surface area contributed by atoms with Gasteiger partial charge < -0.3 is 14.5 Å². The summed E-state index contributed by atoms with van der Waals surface area (Å²) < 4.78 is 11.2. The molecule has 23 heavy (non-hydrogen) atoms. The summed E-state index contributed by atoms with van der Waals surface area (Å²) in [5.74, 6) is 2.46. The quantitative estimate of drug-likeness (QED) is 0.825. The highest BCUT2D eigenvalue weighted by atomic mass is 16.5. The van der Waals surface area contributed by atoms with E-state index in [0.717, 1.165) is 5.75 Å². The lowest BCUT2D eigenvalue weighted by Gasteiger charge is -2.08. The van der Waals surface area contributed by atoms with E-state index in [4.69, 9.17) is 9.15 Å². The summed E-state index contributed by atoms with van der Waals surface area (Å²) in [5.41, 5.74) is 1.28. The third kappa shape index (κ3) is 5.16. The van der Waals surface area contributed by atoms with Gasteiger partial charge in [-0.25, -0.2) is 0 Å². The van der Waals surface area contributed by atoms with Crippen molar-refractivity contribution in [2.45, 2.75) is 40.2 Å². The van der Waals surface area contributed by atoms with E-state index in [0.29, 0.717) is 36.5 Å². The van der Waals surface area contributed by atoms with Gasteiger partial charge in [0.1, 0.15) is 18.1 Å². The number of hydrogen-bond donors (Lipinski definition) is 1. The van der Waals surface area contributed by atoms with E-state index >= 15 is 0 Å². The van der Waals surface area contributed by atoms with Gasteiger partial charge in [0.05, 0.1) is 0 Å². The topological polar surface area (TPSA) is 51.5 Å². The fourth-order valence-electron chi connectivity index (χ4n) is 2.06. The first kappa shape index (κ1) is 17.1. The summed E-state index contributed by atoms with van der Waals surface area (Å²) in [4.78, 5) is 11.9. The van der Waals surface area contributed by atoms with Crippen LogP contribution >= 0.6 is 0 Å². The molecule has 1 amide bonds. The average Bonchev–Trinajstić information content (AvgIpc) is 3.00. The lowest BCUT2D eigenvalue weighted by Crippen LogP contribution is -2.26. The number of ether oxygens (including phenoxy) is 1. The van der Waals surface area contributed by atoms with E-state index in [1.165, 1.54) is 5.56 Å². The van der Waals surface area contributed by atoms with Crippen LogP contribution in [-0.2, 0) is 6.61 Å². The van der Waals surface area contributed by atoms with Crippen LogP contribution in [0.3, 0.4) is 0 Å². The zero-order valence-electron chi connectivity index (χ0n) is 14.3. The first-order chi connectivity index (χ1) is 11.0. The Morgan fingerprint density at radius 2 is 1.78 bits per heavy atom. The van der Waals surface area contributed by atoms with Gasteiger partial charge in [-0.2, -0.15) is 0 Å². The minimum atomic E-state index is -0.189. The van der Waals surface area contributed by atoms with Crippen LogP contribution < -0.4 is 10.1 Å². The average molecular weight is 315 g/mol. The van der Waals surface area contributed by atoms with Crippen molar-refractivity contribution in [3.05, 3.63) is 53.5 Å². The van der Waals surface area contributed by atoms with Gasteiger partial charge in [0.2, 0.25) is 0 Å². The molecule has 0 spiro atoms. The molecule has 1 N–H and O–H groups in total. The van der Waals surface area contributed by atoms with Crippen LogP contribution in [0.15, 0.2) is 40.8 Å². The van der Waals surface area contributed by atoms with Crippen LogP contribution in [0, 0.1) is 5.92 Å². The van der Waals surface area contributed by atoms with Crippen LogP contribution in [0.1, 0.15) is 55.5 Å². The fraction of sp³-hybridized carbons (Fsp3) is 0.421. The van der Waals surface area contributed by atoms with Crippen LogP contribution in [-0.4, -0.2) is 12.5 Å². The zero-order valence-corrected chi connectivity index (χ0v) is 14.3. The lowest BCUT2D eigenvalue weighted by atomic mass is 10.0. The predicted octanol–water partition coefficient (Wildman–Crippen LogP) is 4.37. The number of hydrogen-bond acceptors (Lipinski definition) is 3. The van der Waals surface area contributed by atoms with Crippen molar-refractivity contribution in [2.75, 3.05) is 6.54 Å². The summed E-state index contributed by atoms with van der Waals surface area (Å²) in [7, 11) is 0. The molecule has 1 heterocycles. The molecule has 2 aromatic rings. The van der Waals surface area contributed by atoms with Crippen LogP contribution in [0.5, 0.6) is 5.75 Å². The molecule has 0 radical (unpaired) electrons. The van der Waals surface area contributed by atoms with Crippen molar-refractivity contribution < 1.29 is 13.9 Å². The molecule has 1 aromatic heterocycles. The molecule has 0 aliphatic rings. The predicted molar refractivity (Wildman–Crippen MR) is 90.7 cm³/mol. The number of furan rings is 1. The maximum Gasteiger partial charge on any atom is 0.287 e. The van der Waals surface area contributed by atoms with Gasteiger partial charge in [-0.1, -0.05) is 39.8 Å². The molecule has 0 aliphatic carbocycles. The summed E-state index contributed by atoms with van der Waals surface area (Å²) in [6.45, 7) is 9.35. The number of nitrogens with one attached hydrogen (secondary N) is 1. The van der Waals surface area contributed by atoms with Crippen molar-refractivity contribution in [2.24, 2.45) is 5.92 Å². The molecule has 0 saturated carbocycles. The molecule has 1 aromatic carbocycles. The highest BCUT2D eigenvalue weighted by Gasteiger charge is 2.11. The molecule has 4 heteroatoms. The van der Waals surface area contributed by atoms with Gasteiger partial charge in [-0.05, 0) is 41.7 Å². The van der Waals surface area contributed by atoms with Crippen molar-refractivity contribution in [3.63, 3.8) is 0 Å². The van der Waals surface area contributed by atoms with Gasteiger partial charge in [-0.3, -0.25) is 4.79 Å². The third-order valence-corrected chi connectivity index (χ3v) is 3.48. The number of rotatable bonds is 7. The highest BCUT2D eigenvalue weighted by molar-refractivity contribution is 5.91. The molecule has 0 aliphatic heterocycles. The van der Waals surface area contributed by atoms with Crippen molar-refractivity contribution >= 4 is 5.91 Å². The first-order valence-electron chi connectivity index (χ1n) is 8.05. The largest absolute Gasteiger partial charge is 0.486 e. The Morgan fingerprint density at radius 1 is 1.09 bits per heavy atom. The van der Waals surface area contributed by atoms with Gasteiger partial charge >= 0.3 is 0 Å². The number of carbonyl (C=O) groups excluding carboxylic acids is 1. The molecule has 124 valence electrons. The molecule has 0 unspecified atom stereocenters. The Kier molecular flexibility index (Phi) is 5.85. The molecule has 0 fully saturated rings. The molecule has 0 atom stereocenters. The third-order valence-electron chi connectivity index (χ3n) is 3.48. The second-order valence-corrected chi connectivity index (χ2v) is 6.38. The zero-order chi connectivity index (χ0) is 16.8. The van der Waals surface area contributed by atoms with E-state index in [1.807, 2.05) is 26.0 Å². The van der Waals surface area contributed by atoms with Crippen molar-refractivity contribution in [1.29, 1.82) is 0 Å². The first-order valence-corrected chi connectivity index (χ1v) is 8.05. The smallest absolute Gasteiger partial charge is 0.287 e. The van der Waals surface area contributed by atoms with E-state index < -0.39 is 0 Å². The SMILES string of the molecule is CC(C)CNC(=O)c1ccc(COc2ccc(C(C)C)cc2)o1. The highest BCUT2D eigenvalue weighted by Crippen LogP contribution is 2.20. The molecular formula is C19H25NO3. The Balaban J connectivity index is 1.88. The second kappa shape index (κ2) is 7.86. The Hall–Kier alpha value is -2.23. The number of carbonyl (C=O) groups is 1. The Morgan fingerprint density at radius 3 is 2.39 bits per heavy atom. The molecule has 0 bridgehead atoms.